The first kappa shape index (κ1) is 15.3. The highest BCUT2D eigenvalue weighted by Gasteiger charge is 2.26. The highest BCUT2D eigenvalue weighted by molar-refractivity contribution is 7.80. The van der Waals surface area contributed by atoms with Crippen LogP contribution in [-0.2, 0) is 0 Å². The molecule has 2 atom stereocenters. The summed E-state index contributed by atoms with van der Waals surface area (Å²) in [6, 6.07) is 4.07. The van der Waals surface area contributed by atoms with Crippen molar-refractivity contribution in [2.24, 2.45) is 11.7 Å². The number of hydrogen-bond donors (Lipinski definition) is 1. The molecule has 0 saturated heterocycles. The van der Waals surface area contributed by atoms with E-state index >= 15 is 0 Å². The molecule has 110 valence electrons. The van der Waals surface area contributed by atoms with E-state index in [0.717, 1.165) is 22.4 Å². The number of hydrogen-bond acceptors (Lipinski definition) is 2. The standard InChI is InChI=1S/C17H25NOS/c1-4-13-7-5-6-8-15(13)19-16-11(2)9-14(17(18)20)10-12(16)3/h9-10,13,15H,4-8H2,1-3H3,(H2,18,20). The monoisotopic (exact) mass is 291 g/mol. The van der Waals surface area contributed by atoms with E-state index in [9.17, 15) is 0 Å². The predicted octanol–water partition coefficient (Wildman–Crippen LogP) is 4.29. The van der Waals surface area contributed by atoms with Gasteiger partial charge in [0.1, 0.15) is 16.8 Å². The summed E-state index contributed by atoms with van der Waals surface area (Å²) in [5.74, 6) is 1.72. The highest BCUT2D eigenvalue weighted by Crippen LogP contribution is 2.33. The molecule has 1 aromatic rings. The molecule has 2 nitrogen and oxygen atoms in total. The third-order valence-corrected chi connectivity index (χ3v) is 4.61. The lowest BCUT2D eigenvalue weighted by Gasteiger charge is -2.32. The lowest BCUT2D eigenvalue weighted by molar-refractivity contribution is 0.0890. The first-order valence-corrected chi connectivity index (χ1v) is 8.01. The summed E-state index contributed by atoms with van der Waals surface area (Å²) >= 11 is 5.06. The van der Waals surface area contributed by atoms with Gasteiger partial charge in [0.25, 0.3) is 0 Å². The van der Waals surface area contributed by atoms with Gasteiger partial charge in [-0.15, -0.1) is 0 Å². The van der Waals surface area contributed by atoms with E-state index in [0.29, 0.717) is 17.0 Å². The zero-order valence-corrected chi connectivity index (χ0v) is 13.6. The van der Waals surface area contributed by atoms with Crippen molar-refractivity contribution in [3.8, 4) is 5.75 Å². The Kier molecular flexibility index (Phi) is 5.03. The van der Waals surface area contributed by atoms with Crippen LogP contribution in [0.1, 0.15) is 55.7 Å². The Morgan fingerprint density at radius 2 is 1.85 bits per heavy atom. The molecule has 1 aliphatic carbocycles. The summed E-state index contributed by atoms with van der Waals surface area (Å²) in [6.07, 6.45) is 6.66. The van der Waals surface area contributed by atoms with Crippen molar-refractivity contribution in [3.63, 3.8) is 0 Å². The number of benzene rings is 1. The van der Waals surface area contributed by atoms with Gasteiger partial charge in [-0.05, 0) is 68.7 Å². The summed E-state index contributed by atoms with van der Waals surface area (Å²) in [4.78, 5) is 0.451. The molecule has 0 amide bonds. The lowest BCUT2D eigenvalue weighted by atomic mass is 9.84. The average Bonchev–Trinajstić information content (AvgIpc) is 2.42. The fraction of sp³-hybridized carbons (Fsp3) is 0.588. The van der Waals surface area contributed by atoms with Gasteiger partial charge in [0.15, 0.2) is 0 Å². The Balaban J connectivity index is 2.22. The predicted molar refractivity (Wildman–Crippen MR) is 88.5 cm³/mol. The Morgan fingerprint density at radius 3 is 2.40 bits per heavy atom. The Labute approximate surface area is 127 Å². The second-order valence-electron chi connectivity index (χ2n) is 5.91. The van der Waals surface area contributed by atoms with Crippen LogP contribution in [-0.4, -0.2) is 11.1 Å². The molecule has 0 spiro atoms. The molecule has 0 bridgehead atoms. The molecular formula is C17H25NOS. The molecule has 2 N–H and O–H groups in total. The smallest absolute Gasteiger partial charge is 0.125 e. The van der Waals surface area contributed by atoms with Crippen molar-refractivity contribution < 1.29 is 4.74 Å². The molecule has 1 aliphatic rings. The molecule has 1 saturated carbocycles. The number of nitrogens with two attached hydrogens (primary N) is 1. The summed E-state index contributed by atoms with van der Waals surface area (Å²) in [5, 5.41) is 0. The van der Waals surface area contributed by atoms with Crippen LogP contribution in [0.4, 0.5) is 0 Å². The van der Waals surface area contributed by atoms with Crippen molar-refractivity contribution in [3.05, 3.63) is 28.8 Å². The second-order valence-corrected chi connectivity index (χ2v) is 6.35. The number of aryl methyl sites for hydroxylation is 2. The van der Waals surface area contributed by atoms with Crippen LogP contribution in [0.25, 0.3) is 0 Å². The third-order valence-electron chi connectivity index (χ3n) is 4.38. The van der Waals surface area contributed by atoms with Crippen molar-refractivity contribution in [2.75, 3.05) is 0 Å². The van der Waals surface area contributed by atoms with E-state index in [1.54, 1.807) is 0 Å². The molecule has 0 heterocycles. The molecule has 0 radical (unpaired) electrons. The molecule has 20 heavy (non-hydrogen) atoms. The van der Waals surface area contributed by atoms with Gasteiger partial charge < -0.3 is 10.5 Å². The molecule has 2 rings (SSSR count). The molecule has 0 aliphatic heterocycles. The van der Waals surface area contributed by atoms with Gasteiger partial charge in [0.2, 0.25) is 0 Å². The normalized spacial score (nSPS) is 22.6. The minimum atomic E-state index is 0.363. The summed E-state index contributed by atoms with van der Waals surface area (Å²) < 4.78 is 6.37. The summed E-state index contributed by atoms with van der Waals surface area (Å²) in [5.41, 5.74) is 8.91. The van der Waals surface area contributed by atoms with Crippen LogP contribution >= 0.6 is 12.2 Å². The topological polar surface area (TPSA) is 35.2 Å². The fourth-order valence-corrected chi connectivity index (χ4v) is 3.34. The number of ether oxygens (including phenoxy) is 1. The van der Waals surface area contributed by atoms with Gasteiger partial charge in [0.05, 0.1) is 0 Å². The first-order chi connectivity index (χ1) is 9.52. The average molecular weight is 291 g/mol. The largest absolute Gasteiger partial charge is 0.490 e. The highest BCUT2D eigenvalue weighted by atomic mass is 32.1. The third kappa shape index (κ3) is 3.32. The van der Waals surface area contributed by atoms with E-state index < -0.39 is 0 Å². The van der Waals surface area contributed by atoms with Crippen LogP contribution in [0.5, 0.6) is 5.75 Å². The van der Waals surface area contributed by atoms with Gasteiger partial charge in [-0.25, -0.2) is 0 Å². The van der Waals surface area contributed by atoms with E-state index in [-0.39, 0.29) is 0 Å². The molecule has 1 aromatic carbocycles. The van der Waals surface area contributed by atoms with Crippen LogP contribution < -0.4 is 10.5 Å². The van der Waals surface area contributed by atoms with Crippen LogP contribution in [0.3, 0.4) is 0 Å². The van der Waals surface area contributed by atoms with Crippen molar-refractivity contribution in [2.45, 2.75) is 59.0 Å². The Hall–Kier alpha value is -1.09. The Bertz CT molecular complexity index is 475. The molecular weight excluding hydrogens is 266 g/mol. The zero-order chi connectivity index (χ0) is 14.7. The van der Waals surface area contributed by atoms with Gasteiger partial charge in [-0.3, -0.25) is 0 Å². The van der Waals surface area contributed by atoms with E-state index in [1.807, 2.05) is 12.1 Å². The van der Waals surface area contributed by atoms with E-state index in [2.05, 4.69) is 20.8 Å². The maximum Gasteiger partial charge on any atom is 0.125 e. The van der Waals surface area contributed by atoms with Crippen LogP contribution in [0.2, 0.25) is 0 Å². The van der Waals surface area contributed by atoms with E-state index in [4.69, 9.17) is 22.7 Å². The van der Waals surface area contributed by atoms with Crippen LogP contribution in [0, 0.1) is 19.8 Å². The van der Waals surface area contributed by atoms with Gasteiger partial charge in [0, 0.05) is 5.56 Å². The molecule has 3 heteroatoms. The summed E-state index contributed by atoms with van der Waals surface area (Å²) in [6.45, 7) is 6.42. The zero-order valence-electron chi connectivity index (χ0n) is 12.7. The van der Waals surface area contributed by atoms with Crippen molar-refractivity contribution in [1.82, 2.24) is 0 Å². The lowest BCUT2D eigenvalue weighted by Crippen LogP contribution is -2.30. The number of rotatable bonds is 4. The maximum atomic E-state index is 6.37. The number of thiocarbonyl (C=S) groups is 1. The maximum absolute atomic E-state index is 6.37. The second kappa shape index (κ2) is 6.57. The van der Waals surface area contributed by atoms with Crippen LogP contribution in [0.15, 0.2) is 12.1 Å². The fourth-order valence-electron chi connectivity index (χ4n) is 3.23. The Morgan fingerprint density at radius 1 is 1.25 bits per heavy atom. The van der Waals surface area contributed by atoms with Crippen molar-refractivity contribution >= 4 is 17.2 Å². The quantitative estimate of drug-likeness (QED) is 0.841. The summed E-state index contributed by atoms with van der Waals surface area (Å²) in [7, 11) is 0. The van der Waals surface area contributed by atoms with Crippen molar-refractivity contribution in [1.29, 1.82) is 0 Å². The molecule has 1 fully saturated rings. The molecule has 0 aromatic heterocycles. The SMILES string of the molecule is CCC1CCCCC1Oc1c(C)cc(C(N)=S)cc1C. The molecule has 2 unspecified atom stereocenters. The first-order valence-electron chi connectivity index (χ1n) is 7.60. The van der Waals surface area contributed by atoms with Gasteiger partial charge in [-0.2, -0.15) is 0 Å². The van der Waals surface area contributed by atoms with Gasteiger partial charge >= 0.3 is 0 Å². The minimum absolute atomic E-state index is 0.363. The minimum Gasteiger partial charge on any atom is -0.490 e. The van der Waals surface area contributed by atoms with E-state index in [1.165, 1.54) is 32.1 Å². The van der Waals surface area contributed by atoms with Gasteiger partial charge in [-0.1, -0.05) is 25.6 Å².